The van der Waals surface area contributed by atoms with Crippen molar-refractivity contribution in [1.82, 2.24) is 0 Å². The van der Waals surface area contributed by atoms with Crippen molar-refractivity contribution in [2.75, 3.05) is 5.73 Å². The fourth-order valence-electron chi connectivity index (χ4n) is 1.26. The van der Waals surface area contributed by atoms with Crippen molar-refractivity contribution in [3.8, 4) is 10.4 Å². The Morgan fingerprint density at radius 1 is 1.21 bits per heavy atom. The number of rotatable bonds is 2. The van der Waals surface area contributed by atoms with E-state index in [0.717, 1.165) is 27.3 Å². The van der Waals surface area contributed by atoms with Crippen molar-refractivity contribution in [3.63, 3.8) is 0 Å². The molecule has 0 saturated carbocycles. The average Bonchev–Trinajstić information content (AvgIpc) is 2.66. The van der Waals surface area contributed by atoms with E-state index >= 15 is 0 Å². The van der Waals surface area contributed by atoms with Crippen LogP contribution in [0.4, 0.5) is 5.69 Å². The van der Waals surface area contributed by atoms with Gasteiger partial charge in [-0.2, -0.15) is 0 Å². The van der Waals surface area contributed by atoms with Crippen molar-refractivity contribution < 1.29 is 4.79 Å². The van der Waals surface area contributed by atoms with Crippen LogP contribution >= 0.6 is 11.3 Å². The molecule has 2 rings (SSSR count). The number of carbonyl (C=O) groups is 1. The molecule has 0 fully saturated rings. The molecule has 0 saturated heterocycles. The number of hydrogen-bond acceptors (Lipinski definition) is 3. The quantitative estimate of drug-likeness (QED) is 0.602. The van der Waals surface area contributed by atoms with Crippen LogP contribution < -0.4 is 5.73 Å². The van der Waals surface area contributed by atoms with E-state index in [0.29, 0.717) is 0 Å². The molecule has 1 aromatic carbocycles. The molecule has 1 heterocycles. The second-order valence-corrected chi connectivity index (χ2v) is 4.06. The first-order valence-corrected chi connectivity index (χ1v) is 5.02. The summed E-state index contributed by atoms with van der Waals surface area (Å²) in [5.74, 6) is 0. The van der Waals surface area contributed by atoms with E-state index in [-0.39, 0.29) is 0 Å². The molecule has 2 nitrogen and oxygen atoms in total. The van der Waals surface area contributed by atoms with Crippen molar-refractivity contribution >= 4 is 23.3 Å². The van der Waals surface area contributed by atoms with Crippen LogP contribution in [0.1, 0.15) is 9.67 Å². The smallest absolute Gasteiger partial charge is 0.160 e. The highest BCUT2D eigenvalue weighted by molar-refractivity contribution is 7.17. The third-order valence-corrected chi connectivity index (χ3v) is 2.97. The van der Waals surface area contributed by atoms with Crippen molar-refractivity contribution in [2.45, 2.75) is 0 Å². The van der Waals surface area contributed by atoms with E-state index in [4.69, 9.17) is 5.73 Å². The summed E-state index contributed by atoms with van der Waals surface area (Å²) >= 11 is 1.47. The molecular weight excluding hydrogens is 194 g/mol. The summed E-state index contributed by atoms with van der Waals surface area (Å²) in [7, 11) is 0. The van der Waals surface area contributed by atoms with Gasteiger partial charge in [0.2, 0.25) is 0 Å². The Morgan fingerprint density at radius 3 is 2.71 bits per heavy atom. The standard InChI is InChI=1S/C11H9NOS/c12-9-3-1-2-8(6-9)11-5-4-10(7-13)14-11/h1-7H,12H2. The first-order valence-electron chi connectivity index (χ1n) is 4.20. The predicted molar refractivity (Wildman–Crippen MR) is 59.6 cm³/mol. The van der Waals surface area contributed by atoms with E-state index in [9.17, 15) is 4.79 Å². The van der Waals surface area contributed by atoms with Gasteiger partial charge in [-0.05, 0) is 29.8 Å². The monoisotopic (exact) mass is 203 g/mol. The number of aldehydes is 1. The Bertz CT molecular complexity index is 462. The van der Waals surface area contributed by atoms with Gasteiger partial charge in [0.05, 0.1) is 4.88 Å². The van der Waals surface area contributed by atoms with E-state index in [2.05, 4.69) is 0 Å². The van der Waals surface area contributed by atoms with Crippen LogP contribution in [0.2, 0.25) is 0 Å². The molecule has 1 aromatic heterocycles. The molecule has 3 heteroatoms. The molecule has 0 unspecified atom stereocenters. The van der Waals surface area contributed by atoms with Gasteiger partial charge in [0.1, 0.15) is 0 Å². The van der Waals surface area contributed by atoms with Gasteiger partial charge in [-0.3, -0.25) is 4.79 Å². The summed E-state index contributed by atoms with van der Waals surface area (Å²) in [6.07, 6.45) is 0.862. The molecule has 2 N–H and O–H groups in total. The first-order chi connectivity index (χ1) is 6.79. The molecule has 0 aliphatic heterocycles. The van der Waals surface area contributed by atoms with E-state index in [1.807, 2.05) is 36.4 Å². The summed E-state index contributed by atoms with van der Waals surface area (Å²) in [4.78, 5) is 12.3. The SMILES string of the molecule is Nc1cccc(-c2ccc(C=O)s2)c1. The van der Waals surface area contributed by atoms with Crippen LogP contribution in [0.3, 0.4) is 0 Å². The lowest BCUT2D eigenvalue weighted by Crippen LogP contribution is -1.83. The molecule has 14 heavy (non-hydrogen) atoms. The third-order valence-electron chi connectivity index (χ3n) is 1.91. The molecule has 0 amide bonds. The number of nitrogen functional groups attached to an aromatic ring is 1. The summed E-state index contributed by atoms with van der Waals surface area (Å²) in [5.41, 5.74) is 7.47. The zero-order valence-corrected chi connectivity index (χ0v) is 8.25. The molecule has 0 aliphatic rings. The van der Waals surface area contributed by atoms with Gasteiger partial charge in [-0.25, -0.2) is 0 Å². The summed E-state index contributed by atoms with van der Waals surface area (Å²) in [5, 5.41) is 0. The van der Waals surface area contributed by atoms with Gasteiger partial charge < -0.3 is 5.73 Å². The Labute approximate surface area is 86.0 Å². The number of benzene rings is 1. The molecule has 0 radical (unpaired) electrons. The normalized spacial score (nSPS) is 10.0. The van der Waals surface area contributed by atoms with Crippen LogP contribution in [0.15, 0.2) is 36.4 Å². The second-order valence-electron chi connectivity index (χ2n) is 2.95. The Hall–Kier alpha value is -1.61. The van der Waals surface area contributed by atoms with Crippen LogP contribution in [0, 0.1) is 0 Å². The van der Waals surface area contributed by atoms with Gasteiger partial charge in [-0.15, -0.1) is 11.3 Å². The minimum absolute atomic E-state index is 0.738. The third kappa shape index (κ3) is 1.67. The lowest BCUT2D eigenvalue weighted by Gasteiger charge is -1.97. The van der Waals surface area contributed by atoms with Gasteiger partial charge in [0.15, 0.2) is 6.29 Å². The summed E-state index contributed by atoms with van der Waals surface area (Å²) in [6.45, 7) is 0. The summed E-state index contributed by atoms with van der Waals surface area (Å²) < 4.78 is 0. The first kappa shape index (κ1) is 8.97. The van der Waals surface area contributed by atoms with Crippen LogP contribution in [0.5, 0.6) is 0 Å². The Morgan fingerprint density at radius 2 is 2.07 bits per heavy atom. The molecule has 0 spiro atoms. The van der Waals surface area contributed by atoms with Crippen molar-refractivity contribution in [3.05, 3.63) is 41.3 Å². The zero-order valence-electron chi connectivity index (χ0n) is 7.44. The Balaban J connectivity index is 2.43. The van der Waals surface area contributed by atoms with Crippen molar-refractivity contribution in [1.29, 1.82) is 0 Å². The van der Waals surface area contributed by atoms with Gasteiger partial charge in [0, 0.05) is 10.6 Å². The largest absolute Gasteiger partial charge is 0.399 e. The maximum atomic E-state index is 10.5. The molecule has 0 aliphatic carbocycles. The van der Waals surface area contributed by atoms with E-state index in [1.54, 1.807) is 0 Å². The maximum Gasteiger partial charge on any atom is 0.160 e. The average molecular weight is 203 g/mol. The second kappa shape index (κ2) is 3.64. The highest BCUT2D eigenvalue weighted by atomic mass is 32.1. The van der Waals surface area contributed by atoms with Crippen LogP contribution in [0.25, 0.3) is 10.4 Å². The fourth-order valence-corrected chi connectivity index (χ4v) is 2.08. The zero-order chi connectivity index (χ0) is 9.97. The molecule has 70 valence electrons. The van der Waals surface area contributed by atoms with Crippen LogP contribution in [-0.4, -0.2) is 6.29 Å². The van der Waals surface area contributed by atoms with Crippen LogP contribution in [-0.2, 0) is 0 Å². The molecule has 2 aromatic rings. The van der Waals surface area contributed by atoms with Crippen molar-refractivity contribution in [2.24, 2.45) is 0 Å². The Kier molecular flexibility index (Phi) is 2.33. The minimum atomic E-state index is 0.738. The van der Waals surface area contributed by atoms with E-state index in [1.165, 1.54) is 11.3 Å². The lowest BCUT2D eigenvalue weighted by atomic mass is 10.2. The number of carbonyl (C=O) groups excluding carboxylic acids is 1. The number of anilines is 1. The molecular formula is C11H9NOS. The minimum Gasteiger partial charge on any atom is -0.399 e. The molecule has 0 atom stereocenters. The van der Waals surface area contributed by atoms with Gasteiger partial charge in [-0.1, -0.05) is 12.1 Å². The fraction of sp³-hybridized carbons (Fsp3) is 0. The maximum absolute atomic E-state index is 10.5. The summed E-state index contributed by atoms with van der Waals surface area (Å²) in [6, 6.07) is 11.4. The highest BCUT2D eigenvalue weighted by Crippen LogP contribution is 2.28. The lowest BCUT2D eigenvalue weighted by molar-refractivity contribution is 0.112. The van der Waals surface area contributed by atoms with Gasteiger partial charge in [0.25, 0.3) is 0 Å². The number of hydrogen-bond donors (Lipinski definition) is 1. The highest BCUT2D eigenvalue weighted by Gasteiger charge is 2.01. The predicted octanol–water partition coefficient (Wildman–Crippen LogP) is 2.81. The molecule has 0 bridgehead atoms. The topological polar surface area (TPSA) is 43.1 Å². The van der Waals surface area contributed by atoms with E-state index < -0.39 is 0 Å². The van der Waals surface area contributed by atoms with Gasteiger partial charge >= 0.3 is 0 Å². The number of thiophene rings is 1. The number of nitrogens with two attached hydrogens (primary N) is 1.